The molecule has 7 nitrogen and oxygen atoms in total. The molecule has 0 spiro atoms. The zero-order chi connectivity index (χ0) is 17.6. The molecule has 23 heavy (non-hydrogen) atoms. The van der Waals surface area contributed by atoms with Gasteiger partial charge in [-0.05, 0) is 25.7 Å². The molecule has 1 aliphatic rings. The SMILES string of the molecule is CCC1C[N+](C)(C)CC1CCC(CC(C)C(=O)N[O-])C(=O)N[O-]. The highest BCUT2D eigenvalue weighted by Gasteiger charge is 2.39. The molecule has 0 saturated carbocycles. The van der Waals surface area contributed by atoms with Gasteiger partial charge in [-0.3, -0.25) is 9.59 Å². The molecule has 2 N–H and O–H groups in total. The van der Waals surface area contributed by atoms with Crippen molar-refractivity contribution in [3.63, 3.8) is 0 Å². The number of hydroxylamine groups is 2. The Labute approximate surface area is 138 Å². The lowest BCUT2D eigenvalue weighted by molar-refractivity contribution is -0.880. The zero-order valence-electron chi connectivity index (χ0n) is 14.6. The van der Waals surface area contributed by atoms with Crippen LogP contribution in [0.2, 0.25) is 0 Å². The molecule has 1 heterocycles. The molecule has 1 saturated heterocycles. The van der Waals surface area contributed by atoms with E-state index in [2.05, 4.69) is 21.0 Å². The number of hydrogen-bond acceptors (Lipinski definition) is 4. The van der Waals surface area contributed by atoms with Gasteiger partial charge in [0.2, 0.25) is 11.8 Å². The van der Waals surface area contributed by atoms with E-state index in [0.29, 0.717) is 18.3 Å². The summed E-state index contributed by atoms with van der Waals surface area (Å²) in [4.78, 5) is 23.2. The fourth-order valence-electron chi connectivity index (χ4n) is 3.92. The molecule has 7 heteroatoms. The third-order valence-electron chi connectivity index (χ3n) is 5.19. The first-order valence-electron chi connectivity index (χ1n) is 8.40. The Balaban J connectivity index is 2.64. The van der Waals surface area contributed by atoms with Crippen LogP contribution in [-0.4, -0.2) is 43.5 Å². The highest BCUT2D eigenvalue weighted by molar-refractivity contribution is 5.82. The van der Waals surface area contributed by atoms with Crippen molar-refractivity contribution in [2.45, 2.75) is 39.5 Å². The van der Waals surface area contributed by atoms with Gasteiger partial charge in [0, 0.05) is 23.7 Å². The van der Waals surface area contributed by atoms with Crippen LogP contribution in [-0.2, 0) is 9.59 Å². The van der Waals surface area contributed by atoms with Crippen molar-refractivity contribution in [1.82, 2.24) is 11.0 Å². The Morgan fingerprint density at radius 2 is 1.70 bits per heavy atom. The lowest BCUT2D eigenvalue weighted by Crippen LogP contribution is -2.37. The van der Waals surface area contributed by atoms with E-state index in [9.17, 15) is 20.0 Å². The van der Waals surface area contributed by atoms with E-state index in [0.717, 1.165) is 30.4 Å². The minimum absolute atomic E-state index is 0.226. The number of nitrogens with zero attached hydrogens (tertiary/aromatic N) is 1. The summed E-state index contributed by atoms with van der Waals surface area (Å²) >= 11 is 0. The smallest absolute Gasteiger partial charge is 0.212 e. The number of carbonyl (C=O) groups excluding carboxylic acids is 2. The van der Waals surface area contributed by atoms with Crippen LogP contribution in [0.5, 0.6) is 0 Å². The van der Waals surface area contributed by atoms with E-state index in [-0.39, 0.29) is 6.42 Å². The molecule has 0 aromatic heterocycles. The molecule has 134 valence electrons. The van der Waals surface area contributed by atoms with Crippen molar-refractivity contribution in [1.29, 1.82) is 0 Å². The van der Waals surface area contributed by atoms with E-state index in [1.54, 1.807) is 6.92 Å². The number of hydrogen-bond donors (Lipinski definition) is 2. The van der Waals surface area contributed by atoms with Crippen LogP contribution in [0.1, 0.15) is 39.5 Å². The average Bonchev–Trinajstić information content (AvgIpc) is 2.83. The van der Waals surface area contributed by atoms with Gasteiger partial charge in [0.15, 0.2) is 0 Å². The largest absolute Gasteiger partial charge is 0.759 e. The molecule has 0 bridgehead atoms. The molecule has 0 aromatic carbocycles. The van der Waals surface area contributed by atoms with Crippen LogP contribution in [0.4, 0.5) is 0 Å². The number of likely N-dealkylation sites (tertiary alicyclic amines) is 1. The molecule has 1 aliphatic heterocycles. The molecular formula is C16H30N3O4-. The second-order valence-corrected chi connectivity index (χ2v) is 7.57. The minimum Gasteiger partial charge on any atom is -0.759 e. The summed E-state index contributed by atoms with van der Waals surface area (Å²) in [6.07, 6.45) is 2.78. The maximum absolute atomic E-state index is 11.8. The maximum Gasteiger partial charge on any atom is 0.212 e. The maximum atomic E-state index is 11.8. The van der Waals surface area contributed by atoms with E-state index < -0.39 is 23.7 Å². The van der Waals surface area contributed by atoms with Crippen LogP contribution >= 0.6 is 0 Å². The predicted octanol–water partition coefficient (Wildman–Crippen LogP) is 1.37. The van der Waals surface area contributed by atoms with Crippen molar-refractivity contribution in [3.8, 4) is 0 Å². The van der Waals surface area contributed by atoms with E-state index in [1.165, 1.54) is 11.0 Å². The lowest BCUT2D eigenvalue weighted by atomic mass is 9.84. The third-order valence-corrected chi connectivity index (χ3v) is 5.19. The molecule has 0 aromatic rings. The molecule has 2 amide bonds. The van der Waals surface area contributed by atoms with Gasteiger partial charge >= 0.3 is 0 Å². The van der Waals surface area contributed by atoms with Gasteiger partial charge in [-0.1, -0.05) is 13.8 Å². The number of rotatable bonds is 8. The zero-order valence-corrected chi connectivity index (χ0v) is 14.6. The van der Waals surface area contributed by atoms with Gasteiger partial charge in [0.25, 0.3) is 0 Å². The summed E-state index contributed by atoms with van der Waals surface area (Å²) in [6, 6.07) is 0. The van der Waals surface area contributed by atoms with Gasteiger partial charge in [0.1, 0.15) is 0 Å². The number of nitrogens with one attached hydrogen (secondary N) is 2. The van der Waals surface area contributed by atoms with Gasteiger partial charge in [0.05, 0.1) is 27.2 Å². The predicted molar refractivity (Wildman–Crippen MR) is 88.6 cm³/mol. The standard InChI is InChI=1S/C16H30N3O4/c1-5-12-9-19(3,4)10-14(12)7-6-13(16(21)18-23)8-11(2)15(20)17-22/h11-14H,5-10H2,1-4H3,(H2-2,17,18,20,21,22,23)/q-1. The second-order valence-electron chi connectivity index (χ2n) is 7.57. The second kappa shape index (κ2) is 8.61. The van der Waals surface area contributed by atoms with Crippen molar-refractivity contribution < 1.29 is 14.1 Å². The monoisotopic (exact) mass is 328 g/mol. The molecule has 0 aliphatic carbocycles. The van der Waals surface area contributed by atoms with Gasteiger partial charge < -0.3 is 25.9 Å². The molecule has 0 radical (unpaired) electrons. The Morgan fingerprint density at radius 1 is 1.13 bits per heavy atom. The van der Waals surface area contributed by atoms with Crippen molar-refractivity contribution >= 4 is 11.8 Å². The normalized spacial score (nSPS) is 25.7. The summed E-state index contributed by atoms with van der Waals surface area (Å²) < 4.78 is 0.983. The van der Waals surface area contributed by atoms with Crippen LogP contribution in [0.15, 0.2) is 0 Å². The summed E-state index contributed by atoms with van der Waals surface area (Å²) in [5.41, 5.74) is 2.79. The topological polar surface area (TPSA) is 104 Å². The van der Waals surface area contributed by atoms with Crippen molar-refractivity contribution in [2.75, 3.05) is 27.2 Å². The van der Waals surface area contributed by atoms with Gasteiger partial charge in [-0.25, -0.2) is 0 Å². The van der Waals surface area contributed by atoms with E-state index >= 15 is 0 Å². The van der Waals surface area contributed by atoms with Gasteiger partial charge in [-0.15, -0.1) is 0 Å². The van der Waals surface area contributed by atoms with E-state index in [1.807, 2.05) is 0 Å². The van der Waals surface area contributed by atoms with Gasteiger partial charge in [-0.2, -0.15) is 0 Å². The van der Waals surface area contributed by atoms with Crippen molar-refractivity contribution in [2.24, 2.45) is 23.7 Å². The van der Waals surface area contributed by atoms with Crippen LogP contribution in [0.25, 0.3) is 0 Å². The Kier molecular flexibility index (Phi) is 7.44. The molecule has 1 rings (SSSR count). The Bertz CT molecular complexity index is 414. The first-order valence-corrected chi connectivity index (χ1v) is 8.40. The van der Waals surface area contributed by atoms with E-state index in [4.69, 9.17) is 0 Å². The molecular weight excluding hydrogens is 298 g/mol. The number of quaternary nitrogens is 1. The summed E-state index contributed by atoms with van der Waals surface area (Å²) in [7, 11) is 4.43. The van der Waals surface area contributed by atoms with Crippen LogP contribution in [0, 0.1) is 34.1 Å². The Hall–Kier alpha value is -1.18. The number of amides is 2. The fraction of sp³-hybridized carbons (Fsp3) is 0.875. The summed E-state index contributed by atoms with van der Waals surface area (Å²) in [5, 5.41) is 21.2. The average molecular weight is 328 g/mol. The minimum atomic E-state index is -0.640. The fourth-order valence-corrected chi connectivity index (χ4v) is 3.92. The highest BCUT2D eigenvalue weighted by Crippen LogP contribution is 2.34. The third kappa shape index (κ3) is 5.75. The number of carbonyl (C=O) groups is 2. The van der Waals surface area contributed by atoms with Crippen LogP contribution < -0.4 is 11.0 Å². The summed E-state index contributed by atoms with van der Waals surface area (Å²) in [6.45, 7) is 5.99. The molecule has 4 unspecified atom stereocenters. The van der Waals surface area contributed by atoms with Crippen LogP contribution in [0.3, 0.4) is 0 Å². The first-order chi connectivity index (χ1) is 10.7. The lowest BCUT2D eigenvalue weighted by Gasteiger charge is -2.25. The van der Waals surface area contributed by atoms with Crippen molar-refractivity contribution in [3.05, 3.63) is 10.4 Å². The highest BCUT2D eigenvalue weighted by atomic mass is 16.5. The molecule has 4 atom stereocenters. The first kappa shape index (κ1) is 19.9. The quantitative estimate of drug-likeness (QED) is 0.518. The summed E-state index contributed by atoms with van der Waals surface area (Å²) in [5.74, 6) is -1.17. The Morgan fingerprint density at radius 3 is 2.22 bits per heavy atom. The molecule has 1 fully saturated rings.